The summed E-state index contributed by atoms with van der Waals surface area (Å²) in [5.41, 5.74) is 1.16. The van der Waals surface area contributed by atoms with Gasteiger partial charge in [-0.05, 0) is 52.3 Å². The maximum absolute atomic E-state index is 14.0. The third-order valence-electron chi connectivity index (χ3n) is 3.12. The number of hydrogen-bond donors (Lipinski definition) is 0. The van der Waals surface area contributed by atoms with Gasteiger partial charge in [0.25, 0.3) is 0 Å². The van der Waals surface area contributed by atoms with Gasteiger partial charge in [-0.3, -0.25) is 9.88 Å². The van der Waals surface area contributed by atoms with E-state index >= 15 is 0 Å². The monoisotopic (exact) mass is 340 g/mol. The summed E-state index contributed by atoms with van der Waals surface area (Å²) < 4.78 is 28.0. The molecule has 2 nitrogen and oxygen atoms in total. The second-order valence-electron chi connectivity index (χ2n) is 4.48. The number of aromatic nitrogens is 1. The lowest BCUT2D eigenvalue weighted by Crippen LogP contribution is -2.23. The van der Waals surface area contributed by atoms with Crippen LogP contribution < -0.4 is 0 Å². The third kappa shape index (κ3) is 3.61. The molecule has 0 aliphatic rings. The summed E-state index contributed by atoms with van der Waals surface area (Å²) in [5.74, 6) is -1.04. The van der Waals surface area contributed by atoms with Gasteiger partial charge in [0.15, 0.2) is 0 Å². The van der Waals surface area contributed by atoms with Crippen LogP contribution >= 0.6 is 15.9 Å². The lowest BCUT2D eigenvalue weighted by atomic mass is 10.1. The second-order valence-corrected chi connectivity index (χ2v) is 5.33. The molecule has 0 saturated heterocycles. The van der Waals surface area contributed by atoms with E-state index in [0.29, 0.717) is 13.1 Å². The number of hydrogen-bond acceptors (Lipinski definition) is 2. The number of halogens is 3. The SMILES string of the molecule is CCN(Cc1ccncc1)Cc1c(F)ccc(Br)c1F. The predicted octanol–water partition coefficient (Wildman–Crippen LogP) is 4.14. The summed E-state index contributed by atoms with van der Waals surface area (Å²) in [7, 11) is 0. The minimum absolute atomic E-state index is 0.0929. The Morgan fingerprint density at radius 2 is 1.80 bits per heavy atom. The molecule has 0 saturated carbocycles. The quantitative estimate of drug-likeness (QED) is 0.760. The van der Waals surface area contributed by atoms with E-state index < -0.39 is 11.6 Å². The molecule has 0 spiro atoms. The summed E-state index contributed by atoms with van der Waals surface area (Å²) in [5, 5.41) is 0. The maximum Gasteiger partial charge on any atom is 0.144 e. The first-order valence-corrected chi connectivity index (χ1v) is 7.14. The smallest absolute Gasteiger partial charge is 0.144 e. The molecular formula is C15H15BrF2N2. The van der Waals surface area contributed by atoms with Crippen LogP contribution in [0.3, 0.4) is 0 Å². The Labute approximate surface area is 125 Å². The Hall–Kier alpha value is -1.33. The van der Waals surface area contributed by atoms with Crippen LogP contribution in [-0.2, 0) is 13.1 Å². The standard InChI is InChI=1S/C15H15BrF2N2/c1-2-20(9-11-5-7-19-8-6-11)10-12-14(17)4-3-13(16)15(12)18/h3-8H,2,9-10H2,1H3. The molecule has 0 radical (unpaired) electrons. The van der Waals surface area contributed by atoms with Crippen LogP contribution in [0, 0.1) is 11.6 Å². The molecule has 0 aliphatic heterocycles. The Balaban J connectivity index is 2.17. The fourth-order valence-corrected chi connectivity index (χ4v) is 2.33. The van der Waals surface area contributed by atoms with Gasteiger partial charge in [-0.15, -0.1) is 0 Å². The van der Waals surface area contributed by atoms with Gasteiger partial charge in [-0.1, -0.05) is 6.92 Å². The van der Waals surface area contributed by atoms with Crippen molar-refractivity contribution in [2.24, 2.45) is 0 Å². The van der Waals surface area contributed by atoms with Crippen molar-refractivity contribution in [2.45, 2.75) is 20.0 Å². The average Bonchev–Trinajstić information content (AvgIpc) is 2.47. The molecule has 5 heteroatoms. The number of pyridine rings is 1. The molecule has 2 rings (SSSR count). The molecule has 0 N–H and O–H groups in total. The molecule has 20 heavy (non-hydrogen) atoms. The first kappa shape index (κ1) is 15.1. The van der Waals surface area contributed by atoms with E-state index in [1.165, 1.54) is 12.1 Å². The van der Waals surface area contributed by atoms with Crippen LogP contribution in [-0.4, -0.2) is 16.4 Å². The van der Waals surface area contributed by atoms with Gasteiger partial charge >= 0.3 is 0 Å². The van der Waals surface area contributed by atoms with E-state index in [4.69, 9.17) is 0 Å². The molecule has 0 aliphatic carbocycles. The van der Waals surface area contributed by atoms with Crippen LogP contribution in [0.4, 0.5) is 8.78 Å². The average molecular weight is 341 g/mol. The van der Waals surface area contributed by atoms with E-state index in [1.54, 1.807) is 12.4 Å². The molecule has 0 fully saturated rings. The Morgan fingerprint density at radius 1 is 1.10 bits per heavy atom. The molecular weight excluding hydrogens is 326 g/mol. The zero-order valence-electron chi connectivity index (χ0n) is 11.1. The highest BCUT2D eigenvalue weighted by molar-refractivity contribution is 9.10. The number of rotatable bonds is 5. The number of benzene rings is 1. The first-order chi connectivity index (χ1) is 9.61. The second kappa shape index (κ2) is 6.90. The molecule has 2 aromatic rings. The van der Waals surface area contributed by atoms with Crippen molar-refractivity contribution >= 4 is 15.9 Å². The molecule has 0 unspecified atom stereocenters. The van der Waals surface area contributed by atoms with Crippen LogP contribution in [0.25, 0.3) is 0 Å². The summed E-state index contributed by atoms with van der Waals surface area (Å²) >= 11 is 3.09. The molecule has 1 aromatic heterocycles. The van der Waals surface area contributed by atoms with Gasteiger partial charge in [0.2, 0.25) is 0 Å². The van der Waals surface area contributed by atoms with E-state index in [9.17, 15) is 8.78 Å². The number of nitrogens with zero attached hydrogens (tertiary/aromatic N) is 2. The normalized spacial score (nSPS) is 11.1. The summed E-state index contributed by atoms with van der Waals surface area (Å²) in [6.07, 6.45) is 3.42. The zero-order chi connectivity index (χ0) is 14.5. The molecule has 0 amide bonds. The fraction of sp³-hybridized carbons (Fsp3) is 0.267. The first-order valence-electron chi connectivity index (χ1n) is 6.35. The van der Waals surface area contributed by atoms with Crippen molar-refractivity contribution in [2.75, 3.05) is 6.54 Å². The fourth-order valence-electron chi connectivity index (χ4n) is 1.96. The van der Waals surface area contributed by atoms with Crippen molar-refractivity contribution in [3.63, 3.8) is 0 Å². The van der Waals surface area contributed by atoms with E-state index in [-0.39, 0.29) is 16.6 Å². The van der Waals surface area contributed by atoms with Crippen molar-refractivity contribution in [3.8, 4) is 0 Å². The van der Waals surface area contributed by atoms with Crippen LogP contribution in [0.1, 0.15) is 18.1 Å². The Bertz CT molecular complexity index is 576. The van der Waals surface area contributed by atoms with Gasteiger partial charge in [-0.2, -0.15) is 0 Å². The predicted molar refractivity (Wildman–Crippen MR) is 78.1 cm³/mol. The largest absolute Gasteiger partial charge is 0.295 e. The van der Waals surface area contributed by atoms with E-state index in [0.717, 1.165) is 5.56 Å². The maximum atomic E-state index is 14.0. The molecule has 1 heterocycles. The molecule has 0 bridgehead atoms. The minimum atomic E-state index is -0.529. The zero-order valence-corrected chi connectivity index (χ0v) is 12.7. The Morgan fingerprint density at radius 3 is 2.45 bits per heavy atom. The van der Waals surface area contributed by atoms with Crippen molar-refractivity contribution in [1.29, 1.82) is 0 Å². The summed E-state index contributed by atoms with van der Waals surface area (Å²) in [6, 6.07) is 6.46. The molecule has 1 aromatic carbocycles. The van der Waals surface area contributed by atoms with Gasteiger partial charge in [-0.25, -0.2) is 8.78 Å². The van der Waals surface area contributed by atoms with Crippen LogP contribution in [0.5, 0.6) is 0 Å². The third-order valence-corrected chi connectivity index (χ3v) is 3.74. The Kier molecular flexibility index (Phi) is 5.20. The summed E-state index contributed by atoms with van der Waals surface area (Å²) in [4.78, 5) is 5.93. The lowest BCUT2D eigenvalue weighted by molar-refractivity contribution is 0.262. The highest BCUT2D eigenvalue weighted by Gasteiger charge is 2.15. The van der Waals surface area contributed by atoms with Crippen LogP contribution in [0.2, 0.25) is 0 Å². The van der Waals surface area contributed by atoms with Gasteiger partial charge in [0.05, 0.1) is 4.47 Å². The topological polar surface area (TPSA) is 16.1 Å². The van der Waals surface area contributed by atoms with E-state index in [2.05, 4.69) is 20.9 Å². The molecule has 106 valence electrons. The lowest BCUT2D eigenvalue weighted by Gasteiger charge is -2.21. The highest BCUT2D eigenvalue weighted by Crippen LogP contribution is 2.23. The van der Waals surface area contributed by atoms with Crippen LogP contribution in [0.15, 0.2) is 41.1 Å². The van der Waals surface area contributed by atoms with Crippen molar-refractivity contribution in [1.82, 2.24) is 9.88 Å². The minimum Gasteiger partial charge on any atom is -0.295 e. The van der Waals surface area contributed by atoms with Crippen molar-refractivity contribution in [3.05, 3.63) is 63.9 Å². The van der Waals surface area contributed by atoms with E-state index in [1.807, 2.05) is 24.0 Å². The molecule has 0 atom stereocenters. The summed E-state index contributed by atoms with van der Waals surface area (Å²) in [6.45, 7) is 3.53. The van der Waals surface area contributed by atoms with Gasteiger partial charge in [0.1, 0.15) is 11.6 Å². The van der Waals surface area contributed by atoms with Crippen molar-refractivity contribution < 1.29 is 8.78 Å². The van der Waals surface area contributed by atoms with Gasteiger partial charge in [0, 0.05) is 31.0 Å². The van der Waals surface area contributed by atoms with Gasteiger partial charge < -0.3 is 0 Å². The highest BCUT2D eigenvalue weighted by atomic mass is 79.9.